The number of aromatic nitrogens is 5. The molecule has 21 heavy (non-hydrogen) atoms. The van der Waals surface area contributed by atoms with Gasteiger partial charge < -0.3 is 8.94 Å². The highest BCUT2D eigenvalue weighted by Crippen LogP contribution is 2.16. The predicted molar refractivity (Wildman–Crippen MR) is 73.3 cm³/mol. The van der Waals surface area contributed by atoms with Gasteiger partial charge in [0, 0.05) is 36.7 Å². The molecule has 0 N–H and O–H groups in total. The Morgan fingerprint density at radius 2 is 1.81 bits per heavy atom. The first-order valence-electron chi connectivity index (χ1n) is 6.77. The van der Waals surface area contributed by atoms with E-state index >= 15 is 0 Å². The number of nitrogens with zero attached hydrogens (tertiary/aromatic N) is 5. The number of aryl methyl sites for hydroxylation is 2. The summed E-state index contributed by atoms with van der Waals surface area (Å²) in [5.74, 6) is 2.57. The summed E-state index contributed by atoms with van der Waals surface area (Å²) in [6, 6.07) is 3.67. The van der Waals surface area contributed by atoms with E-state index in [-0.39, 0.29) is 5.92 Å². The van der Waals surface area contributed by atoms with Crippen molar-refractivity contribution < 1.29 is 8.94 Å². The van der Waals surface area contributed by atoms with Crippen LogP contribution in [0, 0.1) is 0 Å². The molecule has 0 atom stereocenters. The Labute approximate surface area is 121 Å². The second-order valence-corrected chi connectivity index (χ2v) is 4.94. The largest absolute Gasteiger partial charge is 0.425 e. The molecule has 0 aliphatic heterocycles. The minimum atomic E-state index is 0.230. The lowest BCUT2D eigenvalue weighted by atomic mass is 10.2. The first-order chi connectivity index (χ1) is 10.2. The minimum Gasteiger partial charge on any atom is -0.425 e. The first-order valence-corrected chi connectivity index (χ1v) is 6.77. The highest BCUT2D eigenvalue weighted by Gasteiger charge is 2.12. The quantitative estimate of drug-likeness (QED) is 0.710. The van der Waals surface area contributed by atoms with Crippen molar-refractivity contribution in [2.75, 3.05) is 0 Å². The lowest BCUT2D eigenvalue weighted by Crippen LogP contribution is -1.92. The highest BCUT2D eigenvalue weighted by molar-refractivity contribution is 5.52. The van der Waals surface area contributed by atoms with Crippen molar-refractivity contribution in [2.24, 2.45) is 0 Å². The van der Waals surface area contributed by atoms with E-state index in [0.717, 1.165) is 5.56 Å². The van der Waals surface area contributed by atoms with Crippen molar-refractivity contribution in [3.63, 3.8) is 0 Å². The van der Waals surface area contributed by atoms with E-state index in [1.54, 1.807) is 12.4 Å². The third-order valence-electron chi connectivity index (χ3n) is 2.94. The van der Waals surface area contributed by atoms with Gasteiger partial charge in [-0.1, -0.05) is 19.0 Å². The van der Waals surface area contributed by atoms with Crippen LogP contribution in [0.15, 0.2) is 33.5 Å². The summed E-state index contributed by atoms with van der Waals surface area (Å²) < 4.78 is 10.8. The molecule has 108 valence electrons. The molecule has 0 unspecified atom stereocenters. The van der Waals surface area contributed by atoms with Crippen LogP contribution in [0.3, 0.4) is 0 Å². The van der Waals surface area contributed by atoms with Crippen LogP contribution in [0.5, 0.6) is 0 Å². The molecular formula is C14H15N5O2. The fraction of sp³-hybridized carbons (Fsp3) is 0.357. The Kier molecular flexibility index (Phi) is 3.72. The maximum Gasteiger partial charge on any atom is 0.227 e. The van der Waals surface area contributed by atoms with E-state index < -0.39 is 0 Å². The summed E-state index contributed by atoms with van der Waals surface area (Å²) in [6.07, 6.45) is 4.53. The molecule has 0 aliphatic carbocycles. The van der Waals surface area contributed by atoms with Crippen LogP contribution in [0.25, 0.3) is 11.4 Å². The van der Waals surface area contributed by atoms with Crippen LogP contribution in [0.1, 0.15) is 37.4 Å². The van der Waals surface area contributed by atoms with Crippen LogP contribution in [0.2, 0.25) is 0 Å². The summed E-state index contributed by atoms with van der Waals surface area (Å²) >= 11 is 0. The molecule has 3 heterocycles. The fourth-order valence-corrected chi connectivity index (χ4v) is 1.79. The van der Waals surface area contributed by atoms with Crippen molar-refractivity contribution >= 4 is 0 Å². The number of hydrogen-bond acceptors (Lipinski definition) is 7. The molecule has 7 nitrogen and oxygen atoms in total. The minimum absolute atomic E-state index is 0.230. The smallest absolute Gasteiger partial charge is 0.227 e. The molecule has 3 aromatic heterocycles. The molecule has 0 radical (unpaired) electrons. The van der Waals surface area contributed by atoms with Crippen molar-refractivity contribution in [1.29, 1.82) is 0 Å². The third kappa shape index (κ3) is 3.13. The van der Waals surface area contributed by atoms with E-state index in [4.69, 9.17) is 8.94 Å². The number of pyridine rings is 1. The Balaban J connectivity index is 1.65. The maximum absolute atomic E-state index is 5.54. The zero-order valence-corrected chi connectivity index (χ0v) is 11.9. The summed E-state index contributed by atoms with van der Waals surface area (Å²) in [4.78, 5) is 8.30. The molecule has 3 rings (SSSR count). The molecule has 0 aromatic carbocycles. The Hall–Kier alpha value is -2.57. The van der Waals surface area contributed by atoms with Crippen molar-refractivity contribution in [2.45, 2.75) is 32.6 Å². The SMILES string of the molecule is CC(C)c1nnc(CCc2nc(-c3ccncc3)no2)o1. The molecule has 0 bridgehead atoms. The summed E-state index contributed by atoms with van der Waals surface area (Å²) in [7, 11) is 0. The molecule has 0 amide bonds. The normalized spacial score (nSPS) is 11.2. The second-order valence-electron chi connectivity index (χ2n) is 4.94. The van der Waals surface area contributed by atoms with E-state index in [0.29, 0.717) is 36.3 Å². The topological polar surface area (TPSA) is 90.7 Å². The van der Waals surface area contributed by atoms with Gasteiger partial charge in [-0.25, -0.2) is 0 Å². The van der Waals surface area contributed by atoms with E-state index in [9.17, 15) is 0 Å². The average molecular weight is 285 g/mol. The maximum atomic E-state index is 5.54. The van der Waals surface area contributed by atoms with E-state index in [2.05, 4.69) is 25.3 Å². The molecule has 0 spiro atoms. The van der Waals surface area contributed by atoms with E-state index in [1.165, 1.54) is 0 Å². The molecular weight excluding hydrogens is 270 g/mol. The molecule has 7 heteroatoms. The zero-order chi connectivity index (χ0) is 14.7. The molecule has 0 aliphatic rings. The summed E-state index contributed by atoms with van der Waals surface area (Å²) in [5, 5.41) is 11.9. The Morgan fingerprint density at radius 1 is 1.05 bits per heavy atom. The van der Waals surface area contributed by atoms with Gasteiger partial charge in [0.15, 0.2) is 0 Å². The Morgan fingerprint density at radius 3 is 2.52 bits per heavy atom. The standard InChI is InChI=1S/C14H15N5O2/c1-9(2)14-18-17-12(20-14)4-3-11-16-13(19-21-11)10-5-7-15-8-6-10/h5-9H,3-4H2,1-2H3. The van der Waals surface area contributed by atoms with Crippen LogP contribution in [-0.2, 0) is 12.8 Å². The number of hydrogen-bond donors (Lipinski definition) is 0. The molecule has 0 saturated heterocycles. The Bertz CT molecular complexity index is 705. The van der Waals surface area contributed by atoms with Gasteiger partial charge >= 0.3 is 0 Å². The van der Waals surface area contributed by atoms with Crippen molar-refractivity contribution in [1.82, 2.24) is 25.3 Å². The fourth-order valence-electron chi connectivity index (χ4n) is 1.79. The van der Waals surface area contributed by atoms with Crippen molar-refractivity contribution in [3.05, 3.63) is 42.2 Å². The monoisotopic (exact) mass is 285 g/mol. The highest BCUT2D eigenvalue weighted by atomic mass is 16.5. The van der Waals surface area contributed by atoms with E-state index in [1.807, 2.05) is 26.0 Å². The van der Waals surface area contributed by atoms with Gasteiger partial charge in [0.05, 0.1) is 0 Å². The lowest BCUT2D eigenvalue weighted by molar-refractivity contribution is 0.369. The van der Waals surface area contributed by atoms with Gasteiger partial charge in [-0.05, 0) is 12.1 Å². The van der Waals surface area contributed by atoms with Crippen molar-refractivity contribution in [3.8, 4) is 11.4 Å². The first kappa shape index (κ1) is 13.4. The lowest BCUT2D eigenvalue weighted by Gasteiger charge is -1.94. The van der Waals surface area contributed by atoms with Gasteiger partial charge in [-0.2, -0.15) is 4.98 Å². The third-order valence-corrected chi connectivity index (χ3v) is 2.94. The van der Waals surface area contributed by atoms with Crippen LogP contribution >= 0.6 is 0 Å². The van der Waals surface area contributed by atoms with Crippen LogP contribution in [0.4, 0.5) is 0 Å². The van der Waals surface area contributed by atoms with Gasteiger partial charge in [-0.15, -0.1) is 10.2 Å². The van der Waals surface area contributed by atoms with Gasteiger partial charge in [-0.3, -0.25) is 4.98 Å². The molecule has 0 saturated carbocycles. The van der Waals surface area contributed by atoms with Gasteiger partial charge in [0.1, 0.15) is 0 Å². The predicted octanol–water partition coefficient (Wildman–Crippen LogP) is 2.42. The molecule has 0 fully saturated rings. The zero-order valence-electron chi connectivity index (χ0n) is 11.9. The van der Waals surface area contributed by atoms with Gasteiger partial charge in [0.25, 0.3) is 0 Å². The van der Waals surface area contributed by atoms with Crippen LogP contribution < -0.4 is 0 Å². The van der Waals surface area contributed by atoms with Gasteiger partial charge in [0.2, 0.25) is 23.5 Å². The molecule has 3 aromatic rings. The summed E-state index contributed by atoms with van der Waals surface area (Å²) in [6.45, 7) is 4.02. The van der Waals surface area contributed by atoms with Crippen LogP contribution in [-0.4, -0.2) is 25.3 Å². The summed E-state index contributed by atoms with van der Waals surface area (Å²) in [5.41, 5.74) is 0.875. The number of rotatable bonds is 5. The average Bonchev–Trinajstić information content (AvgIpc) is 3.15. The second kappa shape index (κ2) is 5.82.